The number of halogens is 1. The number of benzene rings is 1. The molecule has 1 aliphatic heterocycles. The van der Waals surface area contributed by atoms with Gasteiger partial charge in [-0.1, -0.05) is 31.5 Å². The van der Waals surface area contributed by atoms with Crippen LogP contribution >= 0.6 is 22.9 Å². The summed E-state index contributed by atoms with van der Waals surface area (Å²) in [5, 5.41) is 6.26. The van der Waals surface area contributed by atoms with E-state index < -0.39 is 0 Å². The normalized spacial score (nSPS) is 14.6. The molecular weight excluding hydrogens is 294 g/mol. The molecule has 1 unspecified atom stereocenters. The first kappa shape index (κ1) is 13.6. The Kier molecular flexibility index (Phi) is 3.76. The Morgan fingerprint density at radius 3 is 2.65 bits per heavy atom. The summed E-state index contributed by atoms with van der Waals surface area (Å²) in [6, 6.07) is 8.15. The van der Waals surface area contributed by atoms with Crippen LogP contribution in [0.15, 0.2) is 29.6 Å². The van der Waals surface area contributed by atoms with E-state index in [9.17, 15) is 0 Å². The Morgan fingerprint density at radius 1 is 1.25 bits per heavy atom. The van der Waals surface area contributed by atoms with Crippen molar-refractivity contribution in [1.29, 1.82) is 0 Å². The van der Waals surface area contributed by atoms with Crippen LogP contribution in [0.3, 0.4) is 0 Å². The lowest BCUT2D eigenvalue weighted by molar-refractivity contribution is 0.174. The van der Waals surface area contributed by atoms with Crippen LogP contribution in [0.1, 0.15) is 24.8 Å². The summed E-state index contributed by atoms with van der Waals surface area (Å²) >= 11 is 8.07. The molecule has 0 aliphatic carbocycles. The lowest BCUT2D eigenvalue weighted by Gasteiger charge is -2.23. The lowest BCUT2D eigenvalue weighted by Crippen LogP contribution is -2.15. The number of nitrogens with one attached hydrogen (secondary N) is 1. The van der Waals surface area contributed by atoms with Gasteiger partial charge in [0.15, 0.2) is 11.5 Å². The van der Waals surface area contributed by atoms with Crippen LogP contribution in [0.2, 0.25) is 5.02 Å². The van der Waals surface area contributed by atoms with E-state index in [1.165, 1.54) is 4.88 Å². The minimum Gasteiger partial charge on any atom is -0.454 e. The van der Waals surface area contributed by atoms with Crippen LogP contribution in [0, 0.1) is 5.92 Å². The summed E-state index contributed by atoms with van der Waals surface area (Å²) in [6.45, 7) is 4.64. The second-order valence-electron chi connectivity index (χ2n) is 5.07. The number of hydrogen-bond acceptors (Lipinski definition) is 4. The van der Waals surface area contributed by atoms with E-state index >= 15 is 0 Å². The fourth-order valence-electron chi connectivity index (χ4n) is 2.23. The Labute approximate surface area is 127 Å². The van der Waals surface area contributed by atoms with Crippen LogP contribution < -0.4 is 14.8 Å². The van der Waals surface area contributed by atoms with Crippen molar-refractivity contribution in [3.05, 3.63) is 39.5 Å². The largest absolute Gasteiger partial charge is 0.454 e. The van der Waals surface area contributed by atoms with Gasteiger partial charge in [-0.3, -0.25) is 0 Å². The highest BCUT2D eigenvalue weighted by atomic mass is 35.5. The summed E-state index contributed by atoms with van der Waals surface area (Å²) in [7, 11) is 0. The molecule has 20 heavy (non-hydrogen) atoms. The maximum absolute atomic E-state index is 6.32. The smallest absolute Gasteiger partial charge is 0.231 e. The highest BCUT2D eigenvalue weighted by Crippen LogP contribution is 2.41. The average Bonchev–Trinajstić information content (AvgIpc) is 3.05. The van der Waals surface area contributed by atoms with Crippen LogP contribution in [0.4, 0.5) is 5.69 Å². The number of fused-ring (bicyclic) bond motifs is 1. The third-order valence-corrected chi connectivity index (χ3v) is 4.56. The van der Waals surface area contributed by atoms with Gasteiger partial charge in [-0.05, 0) is 17.4 Å². The molecule has 1 aromatic heterocycles. The van der Waals surface area contributed by atoms with Crippen LogP contribution in [0.25, 0.3) is 0 Å². The lowest BCUT2D eigenvalue weighted by atomic mass is 10.0. The van der Waals surface area contributed by atoms with Crippen LogP contribution in [-0.4, -0.2) is 6.79 Å². The number of rotatable bonds is 4. The van der Waals surface area contributed by atoms with E-state index in [1.807, 2.05) is 6.07 Å². The van der Waals surface area contributed by atoms with E-state index in [0.29, 0.717) is 16.7 Å². The minimum absolute atomic E-state index is 0.230. The van der Waals surface area contributed by atoms with Gasteiger partial charge in [0.25, 0.3) is 0 Å². The molecule has 5 heteroatoms. The van der Waals surface area contributed by atoms with Crippen molar-refractivity contribution in [2.24, 2.45) is 5.92 Å². The molecule has 2 aromatic rings. The zero-order chi connectivity index (χ0) is 14.1. The maximum atomic E-state index is 6.32. The topological polar surface area (TPSA) is 30.5 Å². The summed E-state index contributed by atoms with van der Waals surface area (Å²) in [5.74, 6) is 1.90. The summed E-state index contributed by atoms with van der Waals surface area (Å²) in [6.07, 6.45) is 0. The first-order valence-corrected chi connectivity index (χ1v) is 7.80. The third-order valence-electron chi connectivity index (χ3n) is 3.29. The van der Waals surface area contributed by atoms with Gasteiger partial charge in [-0.2, -0.15) is 0 Å². The first-order valence-electron chi connectivity index (χ1n) is 6.54. The van der Waals surface area contributed by atoms with Crippen LogP contribution in [0.5, 0.6) is 11.5 Å². The Morgan fingerprint density at radius 2 is 2.00 bits per heavy atom. The zero-order valence-corrected chi connectivity index (χ0v) is 12.9. The SMILES string of the molecule is CC(C)C(Nc1cc2c(cc1Cl)OCO2)c1cccs1. The van der Waals surface area contributed by atoms with Crippen molar-refractivity contribution < 1.29 is 9.47 Å². The Bertz CT molecular complexity index is 598. The van der Waals surface area contributed by atoms with E-state index in [0.717, 1.165) is 11.4 Å². The zero-order valence-electron chi connectivity index (χ0n) is 11.4. The quantitative estimate of drug-likeness (QED) is 0.867. The molecule has 2 heterocycles. The van der Waals surface area contributed by atoms with Crippen molar-refractivity contribution >= 4 is 28.6 Å². The number of hydrogen-bond donors (Lipinski definition) is 1. The number of thiophene rings is 1. The summed E-state index contributed by atoms with van der Waals surface area (Å²) < 4.78 is 10.7. The standard InChI is InChI=1S/C15H16ClNO2S/c1-9(2)15(14-4-3-5-20-14)17-11-7-13-12(6-10(11)16)18-8-19-13/h3-7,9,15,17H,8H2,1-2H3. The first-order chi connectivity index (χ1) is 9.65. The van der Waals surface area contributed by atoms with Crippen LogP contribution in [-0.2, 0) is 0 Å². The van der Waals surface area contributed by atoms with Gasteiger partial charge < -0.3 is 14.8 Å². The van der Waals surface area contributed by atoms with Gasteiger partial charge in [-0.25, -0.2) is 0 Å². The Balaban J connectivity index is 1.89. The van der Waals surface area contributed by atoms with Gasteiger partial charge in [-0.15, -0.1) is 11.3 Å². The van der Waals surface area contributed by atoms with E-state index in [1.54, 1.807) is 17.4 Å². The molecular formula is C15H16ClNO2S. The minimum atomic E-state index is 0.230. The molecule has 1 N–H and O–H groups in total. The van der Waals surface area contributed by atoms with Gasteiger partial charge in [0, 0.05) is 17.0 Å². The van der Waals surface area contributed by atoms with Crippen molar-refractivity contribution in [1.82, 2.24) is 0 Å². The predicted molar refractivity (Wildman–Crippen MR) is 83.1 cm³/mol. The molecule has 0 saturated heterocycles. The summed E-state index contributed by atoms with van der Waals surface area (Å²) in [5.41, 5.74) is 0.878. The highest BCUT2D eigenvalue weighted by Gasteiger charge is 2.21. The van der Waals surface area contributed by atoms with E-state index in [4.69, 9.17) is 21.1 Å². The fourth-order valence-corrected chi connectivity index (χ4v) is 3.39. The van der Waals surface area contributed by atoms with Crippen molar-refractivity contribution in [3.8, 4) is 11.5 Å². The summed E-state index contributed by atoms with van der Waals surface area (Å²) in [4.78, 5) is 1.30. The fraction of sp³-hybridized carbons (Fsp3) is 0.333. The molecule has 3 rings (SSSR count). The maximum Gasteiger partial charge on any atom is 0.231 e. The number of ether oxygens (including phenoxy) is 2. The average molecular weight is 310 g/mol. The Hall–Kier alpha value is -1.39. The molecule has 0 amide bonds. The van der Waals surface area contributed by atoms with Gasteiger partial charge >= 0.3 is 0 Å². The second kappa shape index (κ2) is 5.54. The van der Waals surface area contributed by atoms with E-state index in [2.05, 4.69) is 36.7 Å². The molecule has 0 spiro atoms. The highest BCUT2D eigenvalue weighted by molar-refractivity contribution is 7.10. The molecule has 1 aliphatic rings. The van der Waals surface area contributed by atoms with Crippen molar-refractivity contribution in [2.45, 2.75) is 19.9 Å². The van der Waals surface area contributed by atoms with Crippen molar-refractivity contribution in [2.75, 3.05) is 12.1 Å². The molecule has 1 aromatic carbocycles. The van der Waals surface area contributed by atoms with E-state index in [-0.39, 0.29) is 12.8 Å². The molecule has 1 atom stereocenters. The second-order valence-corrected chi connectivity index (χ2v) is 6.45. The van der Waals surface area contributed by atoms with Gasteiger partial charge in [0.1, 0.15) is 0 Å². The molecule has 3 nitrogen and oxygen atoms in total. The van der Waals surface area contributed by atoms with Gasteiger partial charge in [0.05, 0.1) is 16.8 Å². The molecule has 0 bridgehead atoms. The number of anilines is 1. The molecule has 0 saturated carbocycles. The van der Waals surface area contributed by atoms with Crippen molar-refractivity contribution in [3.63, 3.8) is 0 Å². The monoisotopic (exact) mass is 309 g/mol. The molecule has 0 radical (unpaired) electrons. The molecule has 106 valence electrons. The predicted octanol–water partition coefficient (Wildman–Crippen LogP) is 4.94. The van der Waals surface area contributed by atoms with Gasteiger partial charge in [0.2, 0.25) is 6.79 Å². The molecule has 0 fully saturated rings. The third kappa shape index (κ3) is 2.58.